The maximum atomic E-state index is 13.5. The molecule has 5 N–H and O–H groups in total. The van der Waals surface area contributed by atoms with Crippen LogP contribution in [0, 0.1) is 0 Å². The van der Waals surface area contributed by atoms with Crippen molar-refractivity contribution in [3.8, 4) is 23.0 Å². The van der Waals surface area contributed by atoms with Gasteiger partial charge < -0.3 is 40.5 Å². The van der Waals surface area contributed by atoms with Crippen molar-refractivity contribution < 1.29 is 24.5 Å². The van der Waals surface area contributed by atoms with Crippen molar-refractivity contribution in [3.63, 3.8) is 0 Å². The first-order chi connectivity index (χ1) is 19.0. The van der Waals surface area contributed by atoms with Crippen molar-refractivity contribution in [1.29, 1.82) is 0 Å². The highest BCUT2D eigenvalue weighted by atomic mass is 32.1. The second-order valence-corrected chi connectivity index (χ2v) is 10.2. The number of hydrogen-bond donors (Lipinski definition) is 5. The Balaban J connectivity index is 1.38. The number of hydrogen-bond acceptors (Lipinski definition) is 9. The average molecular weight is 547 g/mol. The van der Waals surface area contributed by atoms with E-state index in [-0.39, 0.29) is 11.5 Å². The van der Waals surface area contributed by atoms with Crippen LogP contribution in [-0.2, 0) is 10.3 Å². The number of rotatable bonds is 1. The van der Waals surface area contributed by atoms with Gasteiger partial charge in [0.05, 0.1) is 5.56 Å². The molecular weight excluding hydrogens is 516 g/mol. The average Bonchev–Trinajstić information content (AvgIpc) is 3.20. The Kier molecular flexibility index (Phi) is 6.86. The fourth-order valence-electron chi connectivity index (χ4n) is 5.49. The summed E-state index contributed by atoms with van der Waals surface area (Å²) >= 11 is 5.93. The number of carbonyl (C=O) groups excluding carboxylic acids is 1. The van der Waals surface area contributed by atoms with Crippen molar-refractivity contribution in [2.24, 2.45) is 0 Å². The number of phenolic OH excluding ortho intramolecular Hbond substituents is 2. The molecule has 0 radical (unpaired) electrons. The van der Waals surface area contributed by atoms with Crippen molar-refractivity contribution in [1.82, 2.24) is 20.9 Å². The number of benzene rings is 3. The molecule has 1 saturated heterocycles. The standard InChI is InChI=1S/C29H30N4O5S/c34-19-2-5-23-25(16-19)37-26-17-20(35)3-6-24(26)29(23)22-4-1-18(15-21(22)28(36)38-29)27(39)33-13-11-31-9-7-30-8-10-32-12-14-33/h1-6,15-17,30-32,34-35H,7-14H2. The summed E-state index contributed by atoms with van der Waals surface area (Å²) in [5, 5.41) is 30.5. The molecule has 3 aromatic carbocycles. The van der Waals surface area contributed by atoms with E-state index >= 15 is 0 Å². The summed E-state index contributed by atoms with van der Waals surface area (Å²) in [6.45, 7) is 6.68. The lowest BCUT2D eigenvalue weighted by molar-refractivity contribution is 0.0224. The van der Waals surface area contributed by atoms with Crippen LogP contribution in [0.4, 0.5) is 0 Å². The Hall–Kier alpha value is -3.70. The zero-order chi connectivity index (χ0) is 27.0. The lowest BCUT2D eigenvalue weighted by atomic mass is 9.77. The zero-order valence-corrected chi connectivity index (χ0v) is 22.1. The lowest BCUT2D eigenvalue weighted by Crippen LogP contribution is -2.43. The summed E-state index contributed by atoms with van der Waals surface area (Å²) < 4.78 is 12.2. The Morgan fingerprint density at radius 1 is 0.769 bits per heavy atom. The van der Waals surface area contributed by atoms with Crippen LogP contribution in [0.3, 0.4) is 0 Å². The van der Waals surface area contributed by atoms with Gasteiger partial charge in [0.1, 0.15) is 28.0 Å². The fourth-order valence-corrected chi connectivity index (χ4v) is 5.80. The largest absolute Gasteiger partial charge is 0.508 e. The number of thiocarbonyl (C=S) groups is 1. The minimum absolute atomic E-state index is 0.0177. The number of esters is 1. The number of fused-ring (bicyclic) bond motifs is 6. The van der Waals surface area contributed by atoms with E-state index in [0.717, 1.165) is 57.9 Å². The fraction of sp³-hybridized carbons (Fsp3) is 0.310. The summed E-state index contributed by atoms with van der Waals surface area (Å²) in [6, 6.07) is 15.1. The Bertz CT molecular complexity index is 1380. The number of aromatic hydroxyl groups is 2. The predicted molar refractivity (Wildman–Crippen MR) is 150 cm³/mol. The molecule has 0 bridgehead atoms. The van der Waals surface area contributed by atoms with E-state index < -0.39 is 11.6 Å². The molecule has 1 fully saturated rings. The second kappa shape index (κ2) is 10.5. The molecule has 3 aliphatic rings. The van der Waals surface area contributed by atoms with Gasteiger partial charge in [-0.3, -0.25) is 0 Å². The van der Waals surface area contributed by atoms with E-state index in [4.69, 9.17) is 21.7 Å². The van der Waals surface area contributed by atoms with E-state index in [9.17, 15) is 15.0 Å². The molecule has 1 spiro atoms. The van der Waals surface area contributed by atoms with Gasteiger partial charge in [-0.15, -0.1) is 0 Å². The number of phenols is 2. The Morgan fingerprint density at radius 3 is 1.90 bits per heavy atom. The van der Waals surface area contributed by atoms with E-state index in [1.54, 1.807) is 24.3 Å². The molecule has 0 aliphatic carbocycles. The quantitative estimate of drug-likeness (QED) is 0.230. The van der Waals surface area contributed by atoms with Crippen LogP contribution in [0.25, 0.3) is 0 Å². The predicted octanol–water partition coefficient (Wildman–Crippen LogP) is 2.43. The Labute approximate surface area is 231 Å². The number of carbonyl (C=O) groups is 1. The van der Waals surface area contributed by atoms with Gasteiger partial charge in [0.15, 0.2) is 5.60 Å². The normalized spacial score (nSPS) is 18.6. The van der Waals surface area contributed by atoms with Crippen molar-refractivity contribution in [3.05, 3.63) is 82.4 Å². The molecular formula is C29H30N4O5S. The first-order valence-corrected chi connectivity index (χ1v) is 13.5. The monoisotopic (exact) mass is 546 g/mol. The lowest BCUT2D eigenvalue weighted by Gasteiger charge is -2.36. The summed E-state index contributed by atoms with van der Waals surface area (Å²) in [6.07, 6.45) is 0. The molecule has 0 unspecified atom stereocenters. The zero-order valence-electron chi connectivity index (χ0n) is 21.3. The Morgan fingerprint density at radius 2 is 1.31 bits per heavy atom. The SMILES string of the molecule is O=C1OC2(c3ccc(O)cc3Oc3cc(O)ccc32)c2ccc(C(=S)N3CCNCCNCCNCC3)cc21. The third-order valence-corrected chi connectivity index (χ3v) is 7.88. The van der Waals surface area contributed by atoms with Crippen LogP contribution in [0.5, 0.6) is 23.0 Å². The summed E-state index contributed by atoms with van der Waals surface area (Å²) in [4.78, 5) is 16.3. The van der Waals surface area contributed by atoms with Gasteiger partial charge >= 0.3 is 5.97 Å². The van der Waals surface area contributed by atoms with Crippen molar-refractivity contribution in [2.75, 3.05) is 52.4 Å². The smallest absolute Gasteiger partial charge is 0.340 e. The number of nitrogens with one attached hydrogen (secondary N) is 3. The van der Waals surface area contributed by atoms with Gasteiger partial charge in [-0.25, -0.2) is 4.79 Å². The molecule has 6 rings (SSSR count). The van der Waals surface area contributed by atoms with Crippen LogP contribution in [0.2, 0.25) is 0 Å². The molecule has 202 valence electrons. The summed E-state index contributed by atoms with van der Waals surface area (Å²) in [7, 11) is 0. The van der Waals surface area contributed by atoms with Crippen LogP contribution >= 0.6 is 12.2 Å². The molecule has 0 aromatic heterocycles. The van der Waals surface area contributed by atoms with Gasteiger partial charge in [-0.2, -0.15) is 0 Å². The van der Waals surface area contributed by atoms with Crippen molar-refractivity contribution >= 4 is 23.2 Å². The van der Waals surface area contributed by atoms with Crippen LogP contribution in [-0.4, -0.2) is 78.4 Å². The minimum atomic E-state index is -1.29. The van der Waals surface area contributed by atoms with Crippen LogP contribution in [0.1, 0.15) is 32.6 Å². The van der Waals surface area contributed by atoms with Gasteiger partial charge in [0.2, 0.25) is 0 Å². The third-order valence-electron chi connectivity index (χ3n) is 7.38. The highest BCUT2D eigenvalue weighted by molar-refractivity contribution is 7.80. The molecule has 3 aromatic rings. The van der Waals surface area contributed by atoms with Crippen LogP contribution < -0.4 is 20.7 Å². The minimum Gasteiger partial charge on any atom is -0.508 e. The van der Waals surface area contributed by atoms with E-state index in [1.165, 1.54) is 12.1 Å². The molecule has 9 nitrogen and oxygen atoms in total. The highest BCUT2D eigenvalue weighted by Crippen LogP contribution is 2.57. The van der Waals surface area contributed by atoms with Gasteiger partial charge in [0.25, 0.3) is 0 Å². The maximum absolute atomic E-state index is 13.5. The number of nitrogens with zero attached hydrogens (tertiary/aromatic N) is 1. The van der Waals surface area contributed by atoms with Gasteiger partial charge in [0, 0.05) is 86.7 Å². The topological polar surface area (TPSA) is 115 Å². The van der Waals surface area contributed by atoms with E-state index in [2.05, 4.69) is 20.9 Å². The molecule has 10 heteroatoms. The second-order valence-electron chi connectivity index (χ2n) is 9.84. The van der Waals surface area contributed by atoms with Crippen molar-refractivity contribution in [2.45, 2.75) is 5.60 Å². The highest BCUT2D eigenvalue weighted by Gasteiger charge is 2.53. The van der Waals surface area contributed by atoms with Gasteiger partial charge in [-0.05, 0) is 30.3 Å². The third kappa shape index (κ3) is 4.59. The maximum Gasteiger partial charge on any atom is 0.340 e. The molecule has 3 heterocycles. The molecule has 0 atom stereocenters. The molecule has 3 aliphatic heterocycles. The van der Waals surface area contributed by atoms with Gasteiger partial charge in [-0.1, -0.05) is 24.4 Å². The van der Waals surface area contributed by atoms with E-state index in [0.29, 0.717) is 38.7 Å². The molecule has 0 saturated carbocycles. The molecule has 0 amide bonds. The van der Waals surface area contributed by atoms with E-state index in [1.807, 2.05) is 18.2 Å². The summed E-state index contributed by atoms with van der Waals surface area (Å²) in [5.41, 5.74) is 1.76. The summed E-state index contributed by atoms with van der Waals surface area (Å²) in [5.74, 6) is 0.262. The first-order valence-electron chi connectivity index (χ1n) is 13.1. The van der Waals surface area contributed by atoms with Crippen LogP contribution in [0.15, 0.2) is 54.6 Å². The molecule has 39 heavy (non-hydrogen) atoms. The number of ether oxygens (including phenoxy) is 2. The first kappa shape index (κ1) is 25.6.